The van der Waals surface area contributed by atoms with Crippen LogP contribution in [0.5, 0.6) is 0 Å². The molecule has 3 heterocycles. The van der Waals surface area contributed by atoms with Crippen LogP contribution in [0, 0.1) is 0 Å². The summed E-state index contributed by atoms with van der Waals surface area (Å²) in [7, 11) is 0. The number of aliphatic hydroxyl groups excluding tert-OH is 1. The number of rotatable bonds is 33. The maximum Gasteiger partial charge on any atom is 0.338 e. The SMILES string of the molecule is O=C(O[C@H]1[C@H](O[C@@H]2[C@H](O[C@H]3[C@@H](OCc4ccccc4)[C@H](OCc4ccccc4)[C@@H](COCc4ccccc4)O[C@H]3O)O[C@H](COCc3ccccc3)[C@@H](OCc3ccccc3)[C@@H]2OCc2ccccc2)O[C@H](COCc2ccccc2)C[C@@H]1OCc1ccccc1)c1ccccc1. The van der Waals surface area contributed by atoms with E-state index in [1.54, 1.807) is 24.3 Å². The number of benzene rings is 9. The number of hydrogen-bond donors (Lipinski definition) is 1. The standard InChI is InChI=1S/C81H84O16/c82-78(66-44-26-9-27-45-66)95-73-68(87-50-61-34-16-4-17-35-61)46-67(55-84-47-58-28-10-1-11-29-58)92-80(73)97-77-75(91-54-65-42-24-8-25-43-65)72(89-52-63-38-20-6-21-39-63)70(57-86-49-60-32-14-3-15-33-60)94-81(77)96-76-74(90-53-64-40-22-7-23-41-64)71(88-51-62-36-18-5-19-37-62)69(93-79(76)83)56-85-48-59-30-12-2-13-31-59/h1-45,67-77,79-81,83H,46-57H2/t67-,68-,69+,70+,71+,72+,73+,74-,75-,76-,77-,79+,80-,81-/m0/s1. The lowest BCUT2D eigenvalue weighted by Gasteiger charge is -2.51. The fourth-order valence-corrected chi connectivity index (χ4v) is 12.2. The van der Waals surface area contributed by atoms with Gasteiger partial charge in [-0.1, -0.05) is 261 Å². The Balaban J connectivity index is 0.967. The van der Waals surface area contributed by atoms with E-state index in [1.807, 2.05) is 249 Å². The normalized spacial score (nSPS) is 24.9. The van der Waals surface area contributed by atoms with E-state index in [1.165, 1.54) is 0 Å². The van der Waals surface area contributed by atoms with Crippen LogP contribution in [0.25, 0.3) is 0 Å². The van der Waals surface area contributed by atoms with Gasteiger partial charge in [0.2, 0.25) is 0 Å². The van der Waals surface area contributed by atoms with Gasteiger partial charge in [-0.15, -0.1) is 0 Å². The lowest BCUT2D eigenvalue weighted by Crippen LogP contribution is -2.67. The quantitative estimate of drug-likeness (QED) is 0.0386. The van der Waals surface area contributed by atoms with Crippen molar-refractivity contribution in [3.8, 4) is 0 Å². The van der Waals surface area contributed by atoms with Gasteiger partial charge in [-0.25, -0.2) is 4.79 Å². The van der Waals surface area contributed by atoms with E-state index in [0.717, 1.165) is 44.5 Å². The largest absolute Gasteiger partial charge is 0.451 e. The predicted molar refractivity (Wildman–Crippen MR) is 362 cm³/mol. The highest BCUT2D eigenvalue weighted by atomic mass is 16.8. The van der Waals surface area contributed by atoms with Crippen LogP contribution in [-0.4, -0.2) is 117 Å². The summed E-state index contributed by atoms with van der Waals surface area (Å²) in [6.45, 7) is 1.45. The Morgan fingerprint density at radius 2 is 0.629 bits per heavy atom. The van der Waals surface area contributed by atoms with E-state index >= 15 is 0 Å². The smallest absolute Gasteiger partial charge is 0.338 e. The Morgan fingerprint density at radius 3 is 1.03 bits per heavy atom. The Morgan fingerprint density at radius 1 is 0.320 bits per heavy atom. The lowest BCUT2D eigenvalue weighted by atomic mass is 9.95. The zero-order valence-corrected chi connectivity index (χ0v) is 54.1. The number of carbonyl (C=O) groups excluding carboxylic acids is 1. The van der Waals surface area contributed by atoms with Crippen LogP contribution >= 0.6 is 0 Å². The molecule has 0 bridgehead atoms. The first-order chi connectivity index (χ1) is 47.9. The van der Waals surface area contributed by atoms with Crippen molar-refractivity contribution in [3.63, 3.8) is 0 Å². The molecule has 504 valence electrons. The van der Waals surface area contributed by atoms with Gasteiger partial charge in [-0.2, -0.15) is 0 Å². The third-order valence-corrected chi connectivity index (χ3v) is 17.1. The Bertz CT molecular complexity index is 3650. The highest BCUT2D eigenvalue weighted by Gasteiger charge is 2.56. The molecule has 9 aromatic rings. The van der Waals surface area contributed by atoms with Crippen LogP contribution in [0.15, 0.2) is 273 Å². The first kappa shape index (κ1) is 68.8. The van der Waals surface area contributed by atoms with E-state index in [0.29, 0.717) is 12.2 Å². The second kappa shape index (κ2) is 36.5. The average molecular weight is 1310 g/mol. The number of carbonyl (C=O) groups is 1. The van der Waals surface area contributed by atoms with Gasteiger partial charge in [0.1, 0.15) is 54.9 Å². The molecule has 9 aromatic carbocycles. The number of hydrogen-bond acceptors (Lipinski definition) is 16. The topological polar surface area (TPSA) is 167 Å². The summed E-state index contributed by atoms with van der Waals surface area (Å²) in [6, 6.07) is 87.2. The summed E-state index contributed by atoms with van der Waals surface area (Å²) in [6.07, 6.45) is -15.9. The minimum Gasteiger partial charge on any atom is -0.451 e. The van der Waals surface area contributed by atoms with Crippen molar-refractivity contribution in [3.05, 3.63) is 323 Å². The van der Waals surface area contributed by atoms with E-state index < -0.39 is 92.0 Å². The number of esters is 1. The van der Waals surface area contributed by atoms with E-state index in [9.17, 15) is 9.90 Å². The Kier molecular flexibility index (Phi) is 25.9. The van der Waals surface area contributed by atoms with Gasteiger partial charge in [0.15, 0.2) is 25.0 Å². The van der Waals surface area contributed by atoms with Crippen molar-refractivity contribution in [1.82, 2.24) is 0 Å². The third-order valence-electron chi connectivity index (χ3n) is 17.1. The second-order valence-electron chi connectivity index (χ2n) is 24.3. The first-order valence-corrected chi connectivity index (χ1v) is 33.3. The van der Waals surface area contributed by atoms with Crippen molar-refractivity contribution in [2.75, 3.05) is 19.8 Å². The molecule has 0 radical (unpaired) electrons. The van der Waals surface area contributed by atoms with Crippen LogP contribution in [0.1, 0.15) is 61.3 Å². The van der Waals surface area contributed by atoms with Crippen molar-refractivity contribution < 1.29 is 76.2 Å². The molecule has 0 saturated carbocycles. The molecule has 12 rings (SSSR count). The molecular weight excluding hydrogens is 1230 g/mol. The summed E-state index contributed by atoms with van der Waals surface area (Å²) in [5.41, 5.74) is 7.54. The van der Waals surface area contributed by atoms with Gasteiger partial charge < -0.3 is 71.4 Å². The zero-order valence-electron chi connectivity index (χ0n) is 54.1. The molecule has 14 atom stereocenters. The van der Waals surface area contributed by atoms with E-state index in [2.05, 4.69) is 0 Å². The van der Waals surface area contributed by atoms with Crippen molar-refractivity contribution in [1.29, 1.82) is 0 Å². The molecule has 3 fully saturated rings. The van der Waals surface area contributed by atoms with Crippen molar-refractivity contribution >= 4 is 5.97 Å². The molecule has 1 N–H and O–H groups in total. The second-order valence-corrected chi connectivity index (χ2v) is 24.3. The molecule has 0 unspecified atom stereocenters. The molecule has 0 aromatic heterocycles. The van der Waals surface area contributed by atoms with Crippen molar-refractivity contribution in [2.24, 2.45) is 0 Å². The van der Waals surface area contributed by atoms with Gasteiger partial charge in [-0.3, -0.25) is 0 Å². The predicted octanol–water partition coefficient (Wildman–Crippen LogP) is 13.1. The van der Waals surface area contributed by atoms with Crippen LogP contribution < -0.4 is 0 Å². The monoisotopic (exact) mass is 1310 g/mol. The van der Waals surface area contributed by atoms with Crippen LogP contribution in [0.3, 0.4) is 0 Å². The summed E-state index contributed by atoms with van der Waals surface area (Å²) in [4.78, 5) is 14.7. The maximum absolute atomic E-state index is 14.7. The molecule has 16 nitrogen and oxygen atoms in total. The minimum atomic E-state index is -1.69. The highest BCUT2D eigenvalue weighted by Crippen LogP contribution is 2.39. The van der Waals surface area contributed by atoms with E-state index in [-0.39, 0.29) is 72.5 Å². The van der Waals surface area contributed by atoms with Gasteiger partial charge >= 0.3 is 5.97 Å². The summed E-state index contributed by atoms with van der Waals surface area (Å²) >= 11 is 0. The molecule has 3 aliphatic rings. The molecule has 0 aliphatic carbocycles. The van der Waals surface area contributed by atoms with Crippen LogP contribution in [0.2, 0.25) is 0 Å². The fraction of sp³-hybridized carbons (Fsp3) is 0.321. The fourth-order valence-electron chi connectivity index (χ4n) is 12.2. The van der Waals surface area contributed by atoms with Gasteiger partial charge in [-0.05, 0) is 56.6 Å². The van der Waals surface area contributed by atoms with E-state index in [4.69, 9.17) is 66.3 Å². The number of ether oxygens (including phenoxy) is 14. The average Bonchev–Trinajstić information content (AvgIpc) is 0.788. The Hall–Kier alpha value is -8.11. The van der Waals surface area contributed by atoms with Gasteiger partial charge in [0.25, 0.3) is 0 Å². The molecule has 3 aliphatic heterocycles. The first-order valence-electron chi connectivity index (χ1n) is 33.3. The maximum atomic E-state index is 14.7. The third kappa shape index (κ3) is 20.3. The van der Waals surface area contributed by atoms with Gasteiger partial charge in [0.05, 0.1) is 84.3 Å². The zero-order chi connectivity index (χ0) is 66.1. The highest BCUT2D eigenvalue weighted by molar-refractivity contribution is 5.89. The van der Waals surface area contributed by atoms with Crippen LogP contribution in [-0.2, 0) is 119 Å². The molecule has 97 heavy (non-hydrogen) atoms. The lowest BCUT2D eigenvalue weighted by molar-refractivity contribution is -0.397. The summed E-state index contributed by atoms with van der Waals surface area (Å²) in [5, 5.41) is 12.9. The molecular formula is C81H84O16. The van der Waals surface area contributed by atoms with Crippen molar-refractivity contribution in [2.45, 2.75) is 145 Å². The minimum absolute atomic E-state index is 0.0114. The molecule has 0 amide bonds. The molecule has 16 heteroatoms. The van der Waals surface area contributed by atoms with Gasteiger partial charge in [0, 0.05) is 6.42 Å². The summed E-state index contributed by atoms with van der Waals surface area (Å²) < 4.78 is 98.0. The Labute approximate surface area is 567 Å². The molecule has 3 saturated heterocycles. The summed E-state index contributed by atoms with van der Waals surface area (Å²) in [5.74, 6) is -0.635. The van der Waals surface area contributed by atoms with Crippen LogP contribution in [0.4, 0.5) is 0 Å². The molecule has 0 spiro atoms. The number of aliphatic hydroxyl groups is 1.